The van der Waals surface area contributed by atoms with E-state index in [9.17, 15) is 4.79 Å². The van der Waals surface area contributed by atoms with Crippen molar-refractivity contribution >= 4 is 5.91 Å². The summed E-state index contributed by atoms with van der Waals surface area (Å²) in [7, 11) is 0. The molecule has 4 heterocycles. The lowest BCUT2D eigenvalue weighted by Crippen LogP contribution is -2.13. The number of amides is 1. The van der Waals surface area contributed by atoms with Crippen LogP contribution in [0.1, 0.15) is 75.0 Å². The molecule has 2 aromatic heterocycles. The first-order chi connectivity index (χ1) is 14.7. The van der Waals surface area contributed by atoms with Gasteiger partial charge in [-0.25, -0.2) is 0 Å². The van der Waals surface area contributed by atoms with Crippen LogP contribution in [0.3, 0.4) is 0 Å². The third-order valence-electron chi connectivity index (χ3n) is 5.43. The highest BCUT2D eigenvalue weighted by Crippen LogP contribution is 2.26. The Morgan fingerprint density at radius 3 is 2.23 bits per heavy atom. The zero-order valence-electron chi connectivity index (χ0n) is 18.3. The van der Waals surface area contributed by atoms with Crippen LogP contribution in [-0.2, 0) is 15.9 Å². The van der Waals surface area contributed by atoms with E-state index in [2.05, 4.69) is 20.4 Å². The highest BCUT2D eigenvalue weighted by atomic mass is 16.6. The molecule has 5 rings (SSSR count). The summed E-state index contributed by atoms with van der Waals surface area (Å²) < 4.78 is 10.7. The maximum Gasteiger partial charge on any atom is 0.265 e. The molecule has 1 saturated carbocycles. The third-order valence-corrected chi connectivity index (χ3v) is 5.43. The molecule has 3 fully saturated rings. The predicted molar refractivity (Wildman–Crippen MR) is 116 cm³/mol. The normalized spacial score (nSPS) is 22.5. The minimum absolute atomic E-state index is 0.421. The fourth-order valence-electron chi connectivity index (χ4n) is 3.92. The number of aromatic nitrogens is 4. The van der Waals surface area contributed by atoms with Gasteiger partial charge in [-0.2, -0.15) is 15.4 Å². The second kappa shape index (κ2) is 13.9. The van der Waals surface area contributed by atoms with Crippen molar-refractivity contribution < 1.29 is 14.3 Å². The maximum absolute atomic E-state index is 10.3. The van der Waals surface area contributed by atoms with Crippen LogP contribution in [0.2, 0.25) is 0 Å². The molecule has 1 amide bonds. The number of carbonyl (C=O) groups excluding carboxylic acids is 1. The monoisotopic (exact) mass is 419 g/mol. The molecule has 2 aliphatic heterocycles. The van der Waals surface area contributed by atoms with E-state index in [0.29, 0.717) is 17.9 Å². The van der Waals surface area contributed by atoms with Gasteiger partial charge < -0.3 is 20.2 Å². The minimum atomic E-state index is -0.421. The molecule has 2 saturated heterocycles. The van der Waals surface area contributed by atoms with Gasteiger partial charge in [0.1, 0.15) is 5.69 Å². The number of rotatable bonds is 3. The van der Waals surface area contributed by atoms with E-state index in [1.54, 1.807) is 18.3 Å². The Balaban J connectivity index is 0.000000158. The molecule has 30 heavy (non-hydrogen) atoms. The summed E-state index contributed by atoms with van der Waals surface area (Å²) in [5, 5.41) is 10.5. The first-order valence-electron chi connectivity index (χ1n) is 11.2. The lowest BCUT2D eigenvalue weighted by atomic mass is 9.86. The van der Waals surface area contributed by atoms with Crippen LogP contribution in [0.4, 0.5) is 0 Å². The second-order valence-electron chi connectivity index (χ2n) is 7.51. The summed E-state index contributed by atoms with van der Waals surface area (Å²) in [5.74, 6) is 0.443. The van der Waals surface area contributed by atoms with E-state index in [-0.39, 0.29) is 0 Å². The number of H-pyrrole nitrogens is 2. The van der Waals surface area contributed by atoms with Crippen molar-refractivity contribution in [3.8, 4) is 0 Å². The Hall–Kier alpha value is -2.19. The molecular weight excluding hydrogens is 382 g/mol. The first kappa shape index (κ1) is 24.1. The van der Waals surface area contributed by atoms with Crippen LogP contribution in [0, 0.1) is 5.92 Å². The second-order valence-corrected chi connectivity index (χ2v) is 7.51. The third kappa shape index (κ3) is 8.28. The number of hydrogen-bond acceptors (Lipinski definition) is 5. The summed E-state index contributed by atoms with van der Waals surface area (Å²) in [6, 6.07) is 3.35. The fraction of sp³-hybridized carbons (Fsp3) is 0.682. The van der Waals surface area contributed by atoms with Gasteiger partial charge in [-0.15, -0.1) is 0 Å². The molecule has 8 nitrogen and oxygen atoms in total. The molecule has 2 atom stereocenters. The van der Waals surface area contributed by atoms with Gasteiger partial charge in [-0.3, -0.25) is 4.79 Å². The Morgan fingerprint density at radius 2 is 1.77 bits per heavy atom. The average Bonchev–Trinajstić information content (AvgIpc) is 3.57. The van der Waals surface area contributed by atoms with Gasteiger partial charge in [0.2, 0.25) is 0 Å². The van der Waals surface area contributed by atoms with Crippen LogP contribution in [0.15, 0.2) is 24.5 Å². The van der Waals surface area contributed by atoms with Gasteiger partial charge in [0, 0.05) is 19.4 Å². The molecule has 1 aliphatic carbocycles. The number of carbonyl (C=O) groups is 1. The Labute approximate surface area is 179 Å². The van der Waals surface area contributed by atoms with Crippen LogP contribution in [-0.4, -0.2) is 51.7 Å². The molecular formula is C22H37N5O3. The van der Waals surface area contributed by atoms with E-state index in [4.69, 9.17) is 15.2 Å². The highest BCUT2D eigenvalue weighted by molar-refractivity contribution is 5.90. The van der Waals surface area contributed by atoms with Crippen molar-refractivity contribution in [3.05, 3.63) is 35.9 Å². The van der Waals surface area contributed by atoms with Crippen molar-refractivity contribution in [2.75, 3.05) is 13.2 Å². The Morgan fingerprint density at radius 1 is 1.10 bits per heavy atom. The van der Waals surface area contributed by atoms with Crippen LogP contribution >= 0.6 is 0 Å². The number of nitrogens with two attached hydrogens (primary N) is 1. The number of hydrogen-bond donors (Lipinski definition) is 3. The number of nitrogens with zero attached hydrogens (tertiary/aromatic N) is 2. The van der Waals surface area contributed by atoms with Crippen molar-refractivity contribution in [1.82, 2.24) is 20.4 Å². The maximum atomic E-state index is 10.3. The Bertz CT molecular complexity index is 649. The minimum Gasteiger partial charge on any atom is -0.375 e. The molecule has 4 N–H and O–H groups in total. The first-order valence-corrected chi connectivity index (χ1v) is 11.2. The van der Waals surface area contributed by atoms with Gasteiger partial charge in [0.25, 0.3) is 5.91 Å². The summed E-state index contributed by atoms with van der Waals surface area (Å²) >= 11 is 0. The molecule has 0 bridgehead atoms. The van der Waals surface area contributed by atoms with Gasteiger partial charge >= 0.3 is 0 Å². The summed E-state index contributed by atoms with van der Waals surface area (Å²) in [6.45, 7) is 5.82. The molecule has 8 heteroatoms. The molecule has 0 spiro atoms. The van der Waals surface area contributed by atoms with Crippen LogP contribution in [0.25, 0.3) is 0 Å². The number of aromatic amines is 2. The lowest BCUT2D eigenvalue weighted by molar-refractivity contribution is 0.0732. The summed E-state index contributed by atoms with van der Waals surface area (Å²) in [4.78, 5) is 12.9. The van der Waals surface area contributed by atoms with Crippen LogP contribution < -0.4 is 5.73 Å². The number of ether oxygens (including phenoxy) is 2. The largest absolute Gasteiger partial charge is 0.375 e. The molecule has 3 aliphatic rings. The number of primary amides is 1. The van der Waals surface area contributed by atoms with Crippen molar-refractivity contribution in [2.24, 2.45) is 11.7 Å². The molecule has 0 radical (unpaired) electrons. The van der Waals surface area contributed by atoms with Gasteiger partial charge in [0.15, 0.2) is 0 Å². The summed E-state index contributed by atoms with van der Waals surface area (Å²) in [5.41, 5.74) is 6.46. The number of fused-ring (bicyclic) bond motifs is 1. The Kier molecular flexibility index (Phi) is 11.2. The average molecular weight is 420 g/mol. The quantitative estimate of drug-likeness (QED) is 0.702. The van der Waals surface area contributed by atoms with Crippen molar-refractivity contribution in [3.63, 3.8) is 0 Å². The van der Waals surface area contributed by atoms with E-state index in [1.165, 1.54) is 32.1 Å². The fourth-order valence-corrected chi connectivity index (χ4v) is 3.92. The van der Waals surface area contributed by atoms with Crippen LogP contribution in [0.5, 0.6) is 0 Å². The van der Waals surface area contributed by atoms with Gasteiger partial charge in [0.05, 0.1) is 24.1 Å². The zero-order valence-corrected chi connectivity index (χ0v) is 18.3. The molecule has 2 unspecified atom stereocenters. The molecule has 168 valence electrons. The topological polar surface area (TPSA) is 119 Å². The van der Waals surface area contributed by atoms with E-state index >= 15 is 0 Å². The van der Waals surface area contributed by atoms with E-state index in [0.717, 1.165) is 44.1 Å². The molecule has 0 aromatic carbocycles. The van der Waals surface area contributed by atoms with E-state index < -0.39 is 5.91 Å². The summed E-state index contributed by atoms with van der Waals surface area (Å²) in [6.07, 6.45) is 14.8. The smallest absolute Gasteiger partial charge is 0.265 e. The SMILES string of the molecule is C1CC2OCCC2O1.CC.NC(=O)c1ccc[nH]1.c1n[nH]nc1CC1CCCCC1. The van der Waals surface area contributed by atoms with Gasteiger partial charge in [-0.05, 0) is 37.3 Å². The standard InChI is InChI=1S/C9H15N3.C6H10O2.C5H6N2O.C2H6/c1-2-4-8(5-3-1)6-9-7-10-12-11-9;1-3-7-6-2-4-8-5(1)6;6-5(8)4-2-1-3-7-4;1-2/h7-8H,1-6H2,(H,10,11,12);5-6H,1-4H2;1-3,7H,(H2,6,8);1-2H3. The molecule has 2 aromatic rings. The van der Waals surface area contributed by atoms with Gasteiger partial charge in [-0.1, -0.05) is 46.0 Å². The van der Waals surface area contributed by atoms with Crippen molar-refractivity contribution in [2.45, 2.75) is 77.4 Å². The highest BCUT2D eigenvalue weighted by Gasteiger charge is 2.33. The van der Waals surface area contributed by atoms with E-state index in [1.807, 2.05) is 20.0 Å². The predicted octanol–water partition coefficient (Wildman–Crippen LogP) is 3.63. The zero-order chi connectivity index (χ0) is 21.6. The van der Waals surface area contributed by atoms with Crippen molar-refractivity contribution in [1.29, 1.82) is 0 Å². The lowest BCUT2D eigenvalue weighted by Gasteiger charge is -2.19. The number of nitrogens with one attached hydrogen (secondary N) is 2.